The van der Waals surface area contributed by atoms with Crippen molar-refractivity contribution in [2.75, 3.05) is 13.1 Å². The van der Waals surface area contributed by atoms with Crippen molar-refractivity contribution < 1.29 is 14.1 Å². The van der Waals surface area contributed by atoms with Crippen molar-refractivity contribution in [3.8, 4) is 17.3 Å². The molecule has 172 valence electrons. The average Bonchev–Trinajstić information content (AvgIpc) is 3.56. The SMILES string of the molecule is CCn1ncc(-c2nc3c(OC4CCN(C(=O)c5c(C)noc5C)C4)ncnc3n2C)c1C. The van der Waals surface area contributed by atoms with Gasteiger partial charge in [0.25, 0.3) is 5.91 Å². The number of amides is 1. The molecule has 4 aromatic rings. The lowest BCUT2D eigenvalue weighted by molar-refractivity contribution is 0.0769. The van der Waals surface area contributed by atoms with Crippen LogP contribution in [0.2, 0.25) is 0 Å². The molecular weight excluding hydrogens is 424 g/mol. The molecule has 1 aliphatic rings. The number of carbonyl (C=O) groups is 1. The lowest BCUT2D eigenvalue weighted by Crippen LogP contribution is -2.31. The number of aryl methyl sites for hydroxylation is 4. The molecule has 0 bridgehead atoms. The third-order valence-electron chi connectivity index (χ3n) is 6.22. The smallest absolute Gasteiger partial charge is 0.259 e. The largest absolute Gasteiger partial charge is 0.471 e. The Labute approximate surface area is 190 Å². The first kappa shape index (κ1) is 21.1. The van der Waals surface area contributed by atoms with Gasteiger partial charge in [0.1, 0.15) is 29.6 Å². The van der Waals surface area contributed by atoms with E-state index < -0.39 is 0 Å². The van der Waals surface area contributed by atoms with Gasteiger partial charge in [-0.05, 0) is 27.7 Å². The number of hydrogen-bond donors (Lipinski definition) is 0. The number of rotatable bonds is 5. The number of aromatic nitrogens is 7. The molecule has 4 aromatic heterocycles. The molecule has 1 amide bonds. The molecule has 0 aliphatic carbocycles. The van der Waals surface area contributed by atoms with Gasteiger partial charge in [-0.1, -0.05) is 5.16 Å². The summed E-state index contributed by atoms with van der Waals surface area (Å²) >= 11 is 0. The van der Waals surface area contributed by atoms with Crippen LogP contribution in [0, 0.1) is 20.8 Å². The molecule has 1 atom stereocenters. The van der Waals surface area contributed by atoms with Crippen LogP contribution >= 0.6 is 0 Å². The molecule has 5 heterocycles. The summed E-state index contributed by atoms with van der Waals surface area (Å²) < 4.78 is 15.2. The Kier molecular flexibility index (Phi) is 5.10. The molecule has 33 heavy (non-hydrogen) atoms. The van der Waals surface area contributed by atoms with Gasteiger partial charge in [0, 0.05) is 32.3 Å². The van der Waals surface area contributed by atoms with Gasteiger partial charge in [0.2, 0.25) is 5.88 Å². The topological polar surface area (TPSA) is 117 Å². The van der Waals surface area contributed by atoms with Crippen LogP contribution < -0.4 is 4.74 Å². The summed E-state index contributed by atoms with van der Waals surface area (Å²) in [5.41, 5.74) is 4.38. The Hall–Kier alpha value is -3.76. The predicted octanol–water partition coefficient (Wildman–Crippen LogP) is 2.45. The highest BCUT2D eigenvalue weighted by Gasteiger charge is 2.32. The van der Waals surface area contributed by atoms with E-state index in [0.717, 1.165) is 23.6 Å². The van der Waals surface area contributed by atoms with Crippen molar-refractivity contribution >= 4 is 17.1 Å². The molecule has 0 aromatic carbocycles. The van der Waals surface area contributed by atoms with Crippen molar-refractivity contribution in [2.45, 2.75) is 46.8 Å². The Morgan fingerprint density at radius 3 is 2.79 bits per heavy atom. The minimum Gasteiger partial charge on any atom is -0.471 e. The van der Waals surface area contributed by atoms with Crippen LogP contribution in [0.3, 0.4) is 0 Å². The Morgan fingerprint density at radius 1 is 1.27 bits per heavy atom. The third kappa shape index (κ3) is 3.43. The quantitative estimate of drug-likeness (QED) is 0.455. The van der Waals surface area contributed by atoms with Crippen molar-refractivity contribution in [1.29, 1.82) is 0 Å². The van der Waals surface area contributed by atoms with Crippen LogP contribution in [0.25, 0.3) is 22.6 Å². The van der Waals surface area contributed by atoms with E-state index in [4.69, 9.17) is 14.2 Å². The molecule has 5 rings (SSSR count). The number of nitrogens with zero attached hydrogens (tertiary/aromatic N) is 8. The fraction of sp³-hybridized carbons (Fsp3) is 0.455. The lowest BCUT2D eigenvalue weighted by atomic mass is 10.2. The number of imidazole rings is 1. The van der Waals surface area contributed by atoms with Gasteiger partial charge >= 0.3 is 0 Å². The second kappa shape index (κ2) is 7.98. The Morgan fingerprint density at radius 2 is 2.09 bits per heavy atom. The molecule has 1 unspecified atom stereocenters. The maximum atomic E-state index is 12.9. The summed E-state index contributed by atoms with van der Waals surface area (Å²) in [7, 11) is 1.92. The van der Waals surface area contributed by atoms with E-state index in [0.29, 0.717) is 53.6 Å². The number of likely N-dealkylation sites (tertiary alicyclic amines) is 1. The summed E-state index contributed by atoms with van der Waals surface area (Å²) in [5, 5.41) is 8.32. The van der Waals surface area contributed by atoms with Crippen molar-refractivity contribution in [3.05, 3.63) is 35.2 Å². The van der Waals surface area contributed by atoms with Gasteiger partial charge in [-0.2, -0.15) is 10.1 Å². The van der Waals surface area contributed by atoms with E-state index in [1.165, 1.54) is 6.33 Å². The van der Waals surface area contributed by atoms with Gasteiger partial charge in [-0.3, -0.25) is 9.48 Å². The zero-order chi connectivity index (χ0) is 23.3. The highest BCUT2D eigenvalue weighted by molar-refractivity contribution is 5.96. The van der Waals surface area contributed by atoms with Crippen LogP contribution in [0.4, 0.5) is 0 Å². The minimum absolute atomic E-state index is 0.0891. The maximum Gasteiger partial charge on any atom is 0.259 e. The molecule has 1 fully saturated rings. The standard InChI is InChI=1S/C22H26N8O3/c1-6-30-13(3)16(9-25-30)19-26-18-20(28(19)5)23-11-24-21(18)32-15-7-8-29(10-15)22(31)17-12(2)27-33-14(17)4/h9,11,15H,6-8,10H2,1-5H3. The number of ether oxygens (including phenoxy) is 1. The summed E-state index contributed by atoms with van der Waals surface area (Å²) in [5.74, 6) is 1.61. The predicted molar refractivity (Wildman–Crippen MR) is 119 cm³/mol. The molecule has 0 spiro atoms. The van der Waals surface area contributed by atoms with Crippen molar-refractivity contribution in [3.63, 3.8) is 0 Å². The van der Waals surface area contributed by atoms with E-state index >= 15 is 0 Å². The van der Waals surface area contributed by atoms with Gasteiger partial charge < -0.3 is 18.7 Å². The number of hydrogen-bond acceptors (Lipinski definition) is 8. The third-order valence-corrected chi connectivity index (χ3v) is 6.22. The first-order valence-electron chi connectivity index (χ1n) is 11.0. The van der Waals surface area contributed by atoms with E-state index in [-0.39, 0.29) is 12.0 Å². The summed E-state index contributed by atoms with van der Waals surface area (Å²) in [6.45, 7) is 9.43. The minimum atomic E-state index is -0.192. The zero-order valence-corrected chi connectivity index (χ0v) is 19.4. The van der Waals surface area contributed by atoms with Crippen LogP contribution in [0.1, 0.15) is 40.9 Å². The second-order valence-corrected chi connectivity index (χ2v) is 8.28. The molecule has 0 N–H and O–H groups in total. The van der Waals surface area contributed by atoms with Gasteiger partial charge in [-0.15, -0.1) is 0 Å². The first-order chi connectivity index (χ1) is 15.9. The molecule has 1 aliphatic heterocycles. The fourth-order valence-electron chi connectivity index (χ4n) is 4.40. The van der Waals surface area contributed by atoms with E-state index in [9.17, 15) is 4.79 Å². The van der Waals surface area contributed by atoms with E-state index in [1.54, 1.807) is 18.7 Å². The Bertz CT molecular complexity index is 1330. The van der Waals surface area contributed by atoms with E-state index in [2.05, 4.69) is 27.1 Å². The first-order valence-corrected chi connectivity index (χ1v) is 11.0. The molecule has 0 saturated carbocycles. The monoisotopic (exact) mass is 450 g/mol. The average molecular weight is 451 g/mol. The van der Waals surface area contributed by atoms with Gasteiger partial charge in [0.05, 0.1) is 24.0 Å². The van der Waals surface area contributed by atoms with E-state index in [1.807, 2.05) is 29.4 Å². The summed E-state index contributed by atoms with van der Waals surface area (Å²) in [4.78, 5) is 28.3. The second-order valence-electron chi connectivity index (χ2n) is 8.28. The van der Waals surface area contributed by atoms with Gasteiger partial charge in [0.15, 0.2) is 11.2 Å². The highest BCUT2D eigenvalue weighted by Crippen LogP contribution is 2.30. The summed E-state index contributed by atoms with van der Waals surface area (Å²) in [6, 6.07) is 0. The highest BCUT2D eigenvalue weighted by atomic mass is 16.5. The Balaban J connectivity index is 1.40. The normalized spacial score (nSPS) is 16.2. The fourth-order valence-corrected chi connectivity index (χ4v) is 4.40. The van der Waals surface area contributed by atoms with Crippen molar-refractivity contribution in [2.24, 2.45) is 7.05 Å². The lowest BCUT2D eigenvalue weighted by Gasteiger charge is -2.16. The number of fused-ring (bicyclic) bond motifs is 1. The number of carbonyl (C=O) groups excluding carboxylic acids is 1. The van der Waals surface area contributed by atoms with Gasteiger partial charge in [-0.25, -0.2) is 9.97 Å². The zero-order valence-electron chi connectivity index (χ0n) is 19.4. The molecule has 11 nitrogen and oxygen atoms in total. The van der Waals surface area contributed by atoms with Crippen LogP contribution in [-0.2, 0) is 13.6 Å². The van der Waals surface area contributed by atoms with Crippen LogP contribution in [0.15, 0.2) is 17.0 Å². The molecule has 0 radical (unpaired) electrons. The molecule has 11 heteroatoms. The van der Waals surface area contributed by atoms with Crippen molar-refractivity contribution in [1.82, 2.24) is 39.4 Å². The summed E-state index contributed by atoms with van der Waals surface area (Å²) in [6.07, 6.45) is 3.81. The maximum absolute atomic E-state index is 12.9. The molecule has 1 saturated heterocycles. The molecular formula is C22H26N8O3. The van der Waals surface area contributed by atoms with Crippen LogP contribution in [-0.4, -0.2) is 64.5 Å². The van der Waals surface area contributed by atoms with Crippen LogP contribution in [0.5, 0.6) is 5.88 Å².